The zero-order valence-corrected chi connectivity index (χ0v) is 58.9. The van der Waals surface area contributed by atoms with E-state index in [1.807, 2.05) is 6.07 Å². The first kappa shape index (κ1) is 92.3. The lowest BCUT2D eigenvalue weighted by Gasteiger charge is -1.99. The summed E-state index contributed by atoms with van der Waals surface area (Å²) in [6.07, 6.45) is 0. The van der Waals surface area contributed by atoms with Crippen LogP contribution in [0.1, 0.15) is 66.8 Å². The maximum absolute atomic E-state index is 12.8. The molecule has 0 bridgehead atoms. The molecule has 11 aromatic rings. The third-order valence-electron chi connectivity index (χ3n) is 12.7. The second-order valence-electron chi connectivity index (χ2n) is 21.5. The Morgan fingerprint density at radius 1 is 0.221 bits per heavy atom. The van der Waals surface area contributed by atoms with E-state index in [4.69, 9.17) is 40.1 Å². The fraction of sp³-hybridized carbons (Fsp3) is 0.141. The summed E-state index contributed by atoms with van der Waals surface area (Å²) < 4.78 is 270. The molecule has 104 heavy (non-hydrogen) atoms. The van der Waals surface area contributed by atoms with Gasteiger partial charge in [-0.2, -0.15) is 5.26 Å². The van der Waals surface area contributed by atoms with Crippen molar-refractivity contribution in [3.8, 4) is 6.07 Å². The van der Waals surface area contributed by atoms with Crippen LogP contribution in [0.4, 0.5) is 96.6 Å². The summed E-state index contributed by atoms with van der Waals surface area (Å²) in [5, 5.41) is 8.86. The van der Waals surface area contributed by atoms with Gasteiger partial charge in [-0.3, -0.25) is 0 Å². The van der Waals surface area contributed by atoms with Gasteiger partial charge in [0.1, 0.15) is 69.8 Å². The first-order valence-corrected chi connectivity index (χ1v) is 30.6. The number of rotatable bonds is 0. The quantitative estimate of drug-likeness (QED) is 0.0843. The Labute approximate surface area is 601 Å². The van der Waals surface area contributed by atoms with Gasteiger partial charge in [-0.05, 0) is 266 Å². The second kappa shape index (κ2) is 46.1. The van der Waals surface area contributed by atoms with E-state index in [2.05, 4.69) is 0 Å². The predicted molar refractivity (Wildman–Crippen MR) is 362 cm³/mol. The molecule has 0 saturated heterocycles. The smallest absolute Gasteiger partial charge is 0.194 e. The average Bonchev–Trinajstić information content (AvgIpc) is 0.871. The van der Waals surface area contributed by atoms with Gasteiger partial charge in [0.2, 0.25) is 0 Å². The van der Waals surface area contributed by atoms with Crippen LogP contribution in [0.3, 0.4) is 0 Å². The Morgan fingerprint density at radius 2 is 0.606 bits per heavy atom. The van der Waals surface area contributed by atoms with Crippen molar-refractivity contribution in [3.63, 3.8) is 0 Å². The van der Waals surface area contributed by atoms with Crippen LogP contribution in [-0.4, -0.2) is 0 Å². The summed E-state index contributed by atoms with van der Waals surface area (Å²) in [7, 11) is 0. The Hall–Kier alpha value is -9.76. The molecule has 0 aliphatic rings. The highest BCUT2D eigenvalue weighted by molar-refractivity contribution is 6.33. The van der Waals surface area contributed by atoms with Gasteiger partial charge in [0, 0.05) is 28.3 Å². The van der Waals surface area contributed by atoms with Gasteiger partial charge >= 0.3 is 0 Å². The standard InChI is InChI=1S/C8H6FN.C7H5Cl2F.C7H5ClF2.2C7H5F3.6C7H6F2/c1-6-4-7(5-10)2-3-8(6)9;1-4-5(8)2-3-6(9)7(4)10;1-4-2-5(8)7(10)3-6(4)9;1-4-2-5(8)7(10)6(9)3-4;1-4-2-3-5(8)7(10)6(4)9;1-5-2-6(8)4-7(9)3-5;2*1-5-4-6(8)2-3-7(5)9;2*1-5-2-3-6(8)7(9)4-5;1-5-6(8)3-2-4-7(5)9/h2-4H,1H3;4*2-3H,1H3;6*2-4H,1H3. The summed E-state index contributed by atoms with van der Waals surface area (Å²) in [6, 6.07) is 36.8. The minimum atomic E-state index is -1.41. The van der Waals surface area contributed by atoms with Crippen molar-refractivity contribution in [3.05, 3.63) is 386 Å². The molecule has 0 amide bonds. The number of halogens is 25. The van der Waals surface area contributed by atoms with Crippen molar-refractivity contribution in [2.75, 3.05) is 0 Å². The van der Waals surface area contributed by atoms with E-state index in [-0.39, 0.29) is 38.6 Å². The van der Waals surface area contributed by atoms with Crippen molar-refractivity contribution < 1.29 is 96.6 Å². The Bertz CT molecular complexity index is 4190. The van der Waals surface area contributed by atoms with Crippen molar-refractivity contribution in [2.24, 2.45) is 0 Å². The first-order chi connectivity index (χ1) is 48.4. The van der Waals surface area contributed by atoms with Gasteiger partial charge in [0.15, 0.2) is 58.2 Å². The van der Waals surface area contributed by atoms with Crippen molar-refractivity contribution >= 4 is 34.8 Å². The molecule has 0 aliphatic carbocycles. The monoisotopic (exact) mass is 1540 g/mol. The number of benzene rings is 11. The molecule has 11 rings (SSSR count). The van der Waals surface area contributed by atoms with E-state index in [1.54, 1.807) is 40.7 Å². The average molecular weight is 1540 g/mol. The number of hydrogen-bond donors (Lipinski definition) is 0. The van der Waals surface area contributed by atoms with Crippen LogP contribution in [0.25, 0.3) is 0 Å². The third-order valence-corrected chi connectivity index (χ3v) is 13.7. The largest absolute Gasteiger partial charge is 0.207 e. The van der Waals surface area contributed by atoms with E-state index in [0.717, 1.165) is 102 Å². The van der Waals surface area contributed by atoms with Crippen LogP contribution >= 0.6 is 34.8 Å². The number of aryl methyl sites for hydroxylation is 9. The molecule has 0 heterocycles. The van der Waals surface area contributed by atoms with Gasteiger partial charge in [-0.1, -0.05) is 59.1 Å². The maximum Gasteiger partial charge on any atom is 0.194 e. The lowest BCUT2D eigenvalue weighted by Crippen LogP contribution is -1.92. The molecule has 26 heteroatoms. The summed E-state index contributed by atoms with van der Waals surface area (Å²) >= 11 is 16.4. The normalized spacial score (nSPS) is 9.72. The second-order valence-corrected chi connectivity index (χ2v) is 22.7. The van der Waals surface area contributed by atoms with E-state index in [1.165, 1.54) is 120 Å². The predicted octanol–water partition coefficient (Wildman–Crippen LogP) is 26.8. The van der Waals surface area contributed by atoms with Crippen LogP contribution in [0.2, 0.25) is 15.1 Å². The highest BCUT2D eigenvalue weighted by atomic mass is 35.5. The number of nitriles is 1. The van der Waals surface area contributed by atoms with Crippen LogP contribution < -0.4 is 0 Å². The van der Waals surface area contributed by atoms with Crippen LogP contribution in [0, 0.1) is 215 Å². The third kappa shape index (κ3) is 34.5. The van der Waals surface area contributed by atoms with Crippen molar-refractivity contribution in [2.45, 2.75) is 76.2 Å². The van der Waals surface area contributed by atoms with Gasteiger partial charge < -0.3 is 0 Å². The number of nitrogens with zero attached hydrogens (tertiary/aromatic N) is 1. The molecule has 0 atom stereocenters. The molecule has 0 radical (unpaired) electrons. The lowest BCUT2D eigenvalue weighted by molar-refractivity contribution is 0.443. The van der Waals surface area contributed by atoms with Crippen LogP contribution in [-0.2, 0) is 0 Å². The molecule has 11 aromatic carbocycles. The van der Waals surface area contributed by atoms with Gasteiger partial charge in [0.25, 0.3) is 0 Å². The molecular weight excluding hydrogens is 1480 g/mol. The highest BCUT2D eigenvalue weighted by Gasteiger charge is 2.11. The maximum atomic E-state index is 12.8. The minimum Gasteiger partial charge on any atom is -0.207 e. The van der Waals surface area contributed by atoms with E-state index in [9.17, 15) is 96.6 Å². The molecule has 0 N–H and O–H groups in total. The van der Waals surface area contributed by atoms with Crippen molar-refractivity contribution in [1.29, 1.82) is 5.26 Å². The van der Waals surface area contributed by atoms with Crippen molar-refractivity contribution in [1.82, 2.24) is 0 Å². The molecule has 554 valence electrons. The Morgan fingerprint density at radius 3 is 0.962 bits per heavy atom. The summed E-state index contributed by atoms with van der Waals surface area (Å²) in [4.78, 5) is 0. The molecule has 0 spiro atoms. The molecular formula is C78H62Cl3F22N. The molecule has 0 aliphatic heterocycles. The van der Waals surface area contributed by atoms with Gasteiger partial charge in [-0.25, -0.2) is 96.6 Å². The van der Waals surface area contributed by atoms with E-state index in [0.29, 0.717) is 49.5 Å². The zero-order valence-electron chi connectivity index (χ0n) is 56.6. The first-order valence-electron chi connectivity index (χ1n) is 29.5. The van der Waals surface area contributed by atoms with Crippen LogP contribution in [0.5, 0.6) is 0 Å². The molecule has 0 aromatic heterocycles. The Balaban J connectivity index is 0.000000572. The summed E-state index contributed by atoms with van der Waals surface area (Å²) in [5.74, 6) is -16.0. The molecule has 1 nitrogen and oxygen atoms in total. The number of hydrogen-bond acceptors (Lipinski definition) is 1. The molecule has 0 saturated carbocycles. The van der Waals surface area contributed by atoms with E-state index >= 15 is 0 Å². The molecule has 0 fully saturated rings. The highest BCUT2D eigenvalue weighted by Crippen LogP contribution is 2.25. The van der Waals surface area contributed by atoms with Crippen LogP contribution in [0.15, 0.2) is 176 Å². The SMILES string of the molecule is Cc1c(Cl)ccc(Cl)c1F.Cc1c(F)cccc1F.Cc1cc(C#N)ccc1F.Cc1cc(Cl)c(F)cc1F.Cc1cc(F)c(F)c(F)c1.Cc1cc(F)cc(F)c1.Cc1cc(F)ccc1F.Cc1cc(F)ccc1F.Cc1ccc(F)c(F)c1.Cc1ccc(F)c(F)c1.Cc1ccc(F)c(F)c1F. The summed E-state index contributed by atoms with van der Waals surface area (Å²) in [6.45, 7) is 17.1. The Kier molecular flexibility index (Phi) is 40.9. The fourth-order valence-corrected chi connectivity index (χ4v) is 7.53. The van der Waals surface area contributed by atoms with Gasteiger partial charge in [-0.15, -0.1) is 0 Å². The van der Waals surface area contributed by atoms with E-state index < -0.39 is 111 Å². The fourth-order valence-electron chi connectivity index (χ4n) is 6.96. The molecule has 0 unspecified atom stereocenters. The topological polar surface area (TPSA) is 23.8 Å². The minimum absolute atomic E-state index is 0.0427. The summed E-state index contributed by atoms with van der Waals surface area (Å²) in [5.41, 5.74) is 5.08. The lowest BCUT2D eigenvalue weighted by atomic mass is 10.1. The zero-order chi connectivity index (χ0) is 79.6. The van der Waals surface area contributed by atoms with Gasteiger partial charge in [0.05, 0.1) is 21.7 Å².